The summed E-state index contributed by atoms with van der Waals surface area (Å²) in [7, 11) is 0. The van der Waals surface area contributed by atoms with Crippen molar-refractivity contribution < 1.29 is 21.1 Å². The van der Waals surface area contributed by atoms with Crippen LogP contribution < -0.4 is 0 Å². The van der Waals surface area contributed by atoms with Crippen LogP contribution in [0.3, 0.4) is 0 Å². The monoisotopic (exact) mass is 467 g/mol. The number of hydrogen-bond acceptors (Lipinski definition) is 3. The van der Waals surface area contributed by atoms with Gasteiger partial charge in [-0.3, -0.25) is 0 Å². The van der Waals surface area contributed by atoms with Gasteiger partial charge < -0.3 is 55.1 Å². The van der Waals surface area contributed by atoms with Gasteiger partial charge in [0.05, 0.1) is 0 Å². The first-order valence-corrected chi connectivity index (χ1v) is 8.07. The van der Waals surface area contributed by atoms with Crippen LogP contribution in [0.4, 0.5) is 17.1 Å². The Kier molecular flexibility index (Phi) is 11.9. The van der Waals surface area contributed by atoms with Gasteiger partial charge in [0.2, 0.25) is 0 Å². The Morgan fingerprint density at radius 2 is 0.640 bits per heavy atom. The number of hydrogen-bond donors (Lipinski definition) is 0. The molecule has 0 bridgehead atoms. The molecule has 3 aromatic rings. The smallest absolute Gasteiger partial charge is 0 e. The Morgan fingerprint density at radius 1 is 0.440 bits per heavy atom. The Balaban J connectivity index is 0.000000339. The third-order valence-electron chi connectivity index (χ3n) is 2.66. The molecule has 25 heavy (non-hydrogen) atoms. The van der Waals surface area contributed by atoms with Gasteiger partial charge in [0.1, 0.15) is 0 Å². The third kappa shape index (κ3) is 9.46. The van der Waals surface area contributed by atoms with Crippen LogP contribution >= 0.6 is 0 Å². The van der Waals surface area contributed by atoms with Crippen LogP contribution in [0.1, 0.15) is 0 Å². The molecule has 3 nitrogen and oxygen atoms in total. The van der Waals surface area contributed by atoms with Crippen molar-refractivity contribution in [1.29, 1.82) is 0 Å². The van der Waals surface area contributed by atoms with Gasteiger partial charge in [0.25, 0.3) is 0 Å². The van der Waals surface area contributed by atoms with Crippen molar-refractivity contribution in [3.63, 3.8) is 0 Å². The van der Waals surface area contributed by atoms with Crippen molar-refractivity contribution >= 4 is 54.9 Å². The fraction of sp³-hybridized carbons (Fsp3) is 0. The Labute approximate surface area is 179 Å². The predicted octanol–water partition coefficient (Wildman–Crippen LogP) is 6.83. The number of nitrogens with one attached hydrogen (secondary N) is 3. The summed E-state index contributed by atoms with van der Waals surface area (Å²) in [5, 5.41) is 0. The van der Waals surface area contributed by atoms with Crippen LogP contribution in [-0.4, -0.2) is 0 Å². The molecule has 0 aliphatic carbocycles. The average molecular weight is 465 g/mol. The molecule has 0 saturated heterocycles. The van der Waals surface area contributed by atoms with E-state index < -0.39 is 0 Å². The summed E-state index contributed by atoms with van der Waals surface area (Å²) in [5.41, 5.74) is 22.6. The first kappa shape index (κ1) is 23.4. The van der Waals surface area contributed by atoms with Crippen molar-refractivity contribution in [3.8, 4) is 0 Å². The first-order chi connectivity index (χ1) is 11.4. The van der Waals surface area contributed by atoms with Crippen LogP contribution in [0, 0.1) is 0 Å². The maximum absolute atomic E-state index is 7.12. The van der Waals surface area contributed by atoms with E-state index in [9.17, 15) is 0 Å². The molecule has 3 rings (SSSR count). The molecule has 132 valence electrons. The summed E-state index contributed by atoms with van der Waals surface area (Å²) in [5.74, 6) is 0. The molecule has 0 saturated carbocycles. The molecule has 3 N–H and O–H groups in total. The topological polar surface area (TPSA) is 71.4 Å². The van der Waals surface area contributed by atoms with Crippen molar-refractivity contribution in [3.05, 3.63) is 90.0 Å². The van der Waals surface area contributed by atoms with Crippen LogP contribution in [0.2, 0.25) is 0 Å². The minimum Gasteiger partial charge on any atom is -0.781 e. The second-order valence-corrected chi connectivity index (χ2v) is 5.81. The van der Waals surface area contributed by atoms with Gasteiger partial charge in [-0.1, -0.05) is 72.8 Å². The van der Waals surface area contributed by atoms with Gasteiger partial charge in [-0.15, -0.1) is 0 Å². The van der Waals surface area contributed by atoms with Gasteiger partial charge in [0.15, 0.2) is 0 Å². The zero-order valence-electron chi connectivity index (χ0n) is 13.1. The van der Waals surface area contributed by atoms with E-state index in [0.29, 0.717) is 31.7 Å². The molecular formula is C18H15MoN3S3-6. The van der Waals surface area contributed by atoms with Gasteiger partial charge in [-0.05, 0) is 0 Å². The van der Waals surface area contributed by atoms with E-state index in [2.05, 4.69) is 0 Å². The Hall–Kier alpha value is -1.59. The predicted molar refractivity (Wildman–Crippen MR) is 108 cm³/mol. The summed E-state index contributed by atoms with van der Waals surface area (Å²) in [4.78, 5) is 1.85. The van der Waals surface area contributed by atoms with Crippen molar-refractivity contribution in [1.82, 2.24) is 0 Å². The molecule has 0 heterocycles. The summed E-state index contributed by atoms with van der Waals surface area (Å²) < 4.78 is 0. The number of rotatable bonds is 0. The second-order valence-electron chi connectivity index (χ2n) is 4.49. The van der Waals surface area contributed by atoms with E-state index >= 15 is 0 Å². The zero-order chi connectivity index (χ0) is 17.9. The van der Waals surface area contributed by atoms with E-state index in [4.69, 9.17) is 55.1 Å². The van der Waals surface area contributed by atoms with Gasteiger partial charge >= 0.3 is 0 Å². The molecule has 3 aromatic carbocycles. The molecule has 0 unspecified atom stereocenters. The Bertz CT molecular complexity index is 603. The van der Waals surface area contributed by atoms with Gasteiger partial charge in [-0.25, -0.2) is 0 Å². The Morgan fingerprint density at radius 3 is 0.760 bits per heavy atom. The fourth-order valence-electron chi connectivity index (χ4n) is 1.40. The minimum atomic E-state index is 0. The molecule has 7 heteroatoms. The average Bonchev–Trinajstić information content (AvgIpc) is 2.57. The van der Waals surface area contributed by atoms with Crippen molar-refractivity contribution in [2.75, 3.05) is 0 Å². The zero-order valence-corrected chi connectivity index (χ0v) is 17.5. The van der Waals surface area contributed by atoms with Crippen LogP contribution in [0.25, 0.3) is 17.2 Å². The normalized spacial score (nSPS) is 8.64. The largest absolute Gasteiger partial charge is 0.781 e. The van der Waals surface area contributed by atoms with E-state index in [1.165, 1.54) is 0 Å². The molecule has 0 aliphatic heterocycles. The van der Waals surface area contributed by atoms with Gasteiger partial charge in [-0.2, -0.15) is 31.7 Å². The maximum atomic E-state index is 7.12. The maximum Gasteiger partial charge on any atom is 0 e. The molecule has 0 amide bonds. The molecule has 0 spiro atoms. The first-order valence-electron chi connectivity index (χ1n) is 6.84. The van der Waals surface area contributed by atoms with E-state index in [1.807, 2.05) is 18.2 Å². The summed E-state index contributed by atoms with van der Waals surface area (Å²) >= 11 is 14.3. The van der Waals surface area contributed by atoms with E-state index in [1.54, 1.807) is 54.6 Å². The molecular weight excluding hydrogens is 450 g/mol. The van der Waals surface area contributed by atoms with Crippen LogP contribution in [0.15, 0.2) is 87.5 Å². The molecule has 0 fully saturated rings. The summed E-state index contributed by atoms with van der Waals surface area (Å²) in [6.45, 7) is 0. The summed E-state index contributed by atoms with van der Waals surface area (Å²) in [6, 6.07) is 21.2. The quantitative estimate of drug-likeness (QED) is 0.270. The van der Waals surface area contributed by atoms with Gasteiger partial charge in [0, 0.05) is 21.1 Å². The SMILES string of the molecule is [Mo].[NH-]c1ccccc1[S-].[NH-]c1ccccc1[S-].[NH-]c1ccccc1[S-]. The molecule has 0 aromatic heterocycles. The number of benzene rings is 3. The molecule has 0 atom stereocenters. The second kappa shape index (κ2) is 12.7. The molecule has 0 radical (unpaired) electrons. The van der Waals surface area contributed by atoms with Crippen LogP contribution in [0.5, 0.6) is 0 Å². The van der Waals surface area contributed by atoms with E-state index in [-0.39, 0.29) is 21.1 Å². The standard InChI is InChI=1S/3C6H6NS.Mo/c3*7-5-3-1-2-4-6(5)8;/h3*1-4,7-8H;/q3*-1;/p-3. The third-order valence-corrected chi connectivity index (χ3v) is 3.73. The minimum absolute atomic E-state index is 0. The molecule has 0 aliphatic rings. The van der Waals surface area contributed by atoms with Crippen molar-refractivity contribution in [2.45, 2.75) is 14.7 Å². The van der Waals surface area contributed by atoms with Crippen LogP contribution in [-0.2, 0) is 59.0 Å². The summed E-state index contributed by atoms with van der Waals surface area (Å²) in [6.07, 6.45) is 0. The fourth-order valence-corrected chi connectivity index (χ4v) is 1.84. The van der Waals surface area contributed by atoms with E-state index in [0.717, 1.165) is 0 Å². The van der Waals surface area contributed by atoms with Crippen molar-refractivity contribution in [2.24, 2.45) is 0 Å².